The molecule has 0 aliphatic heterocycles. The second kappa shape index (κ2) is 8.66. The summed E-state index contributed by atoms with van der Waals surface area (Å²) in [6.07, 6.45) is 2.70. The van der Waals surface area contributed by atoms with E-state index in [0.29, 0.717) is 11.4 Å². The number of carbonyl (C=O) groups is 1. The summed E-state index contributed by atoms with van der Waals surface area (Å²) in [5.41, 5.74) is 0.797. The number of aromatic amines is 1. The Balaban J connectivity index is 1.49. The highest BCUT2D eigenvalue weighted by atomic mass is 32.1. The number of rotatable bonds is 6. The fourth-order valence-electron chi connectivity index (χ4n) is 2.84. The van der Waals surface area contributed by atoms with Crippen molar-refractivity contribution in [3.63, 3.8) is 0 Å². The van der Waals surface area contributed by atoms with Gasteiger partial charge in [-0.05, 0) is 12.1 Å². The summed E-state index contributed by atoms with van der Waals surface area (Å²) >= 11 is 1.48. The number of H-pyrrole nitrogens is 1. The molecule has 30 heavy (non-hydrogen) atoms. The number of nitrogens with zero attached hydrogens (tertiary/aromatic N) is 3. The first-order chi connectivity index (χ1) is 14.6. The average Bonchev–Trinajstić information content (AvgIpc) is 3.25. The van der Waals surface area contributed by atoms with Crippen molar-refractivity contribution in [1.29, 1.82) is 0 Å². The number of nitrogens with one attached hydrogen (secondary N) is 2. The summed E-state index contributed by atoms with van der Waals surface area (Å²) in [4.78, 5) is 48.4. The van der Waals surface area contributed by atoms with Gasteiger partial charge >= 0.3 is 5.69 Å². The molecule has 0 aliphatic rings. The largest absolute Gasteiger partial charge is 0.346 e. The Labute approximate surface area is 174 Å². The smallest absolute Gasteiger partial charge is 0.328 e. The first kappa shape index (κ1) is 19.5. The van der Waals surface area contributed by atoms with E-state index in [1.807, 2.05) is 35.7 Å². The molecule has 4 rings (SSSR count). The van der Waals surface area contributed by atoms with Crippen molar-refractivity contribution in [2.75, 3.05) is 0 Å². The van der Waals surface area contributed by atoms with Crippen LogP contribution in [0.15, 0.2) is 75.9 Å². The van der Waals surface area contributed by atoms with Crippen LogP contribution in [0, 0.1) is 0 Å². The van der Waals surface area contributed by atoms with E-state index in [1.54, 1.807) is 24.4 Å². The van der Waals surface area contributed by atoms with E-state index >= 15 is 0 Å². The highest BCUT2D eigenvalue weighted by Crippen LogP contribution is 2.23. The highest BCUT2D eigenvalue weighted by molar-refractivity contribution is 7.13. The van der Waals surface area contributed by atoms with Gasteiger partial charge in [0.25, 0.3) is 11.5 Å². The van der Waals surface area contributed by atoms with Crippen molar-refractivity contribution in [1.82, 2.24) is 24.8 Å². The number of pyridine rings is 1. The number of benzene rings is 1. The van der Waals surface area contributed by atoms with Gasteiger partial charge in [0.2, 0.25) is 0 Å². The van der Waals surface area contributed by atoms with Gasteiger partial charge in [-0.1, -0.05) is 36.4 Å². The van der Waals surface area contributed by atoms with E-state index in [2.05, 4.69) is 20.3 Å². The third-order valence-corrected chi connectivity index (χ3v) is 5.29. The Kier molecular flexibility index (Phi) is 5.62. The molecule has 0 radical (unpaired) electrons. The number of hydrogen-bond donors (Lipinski definition) is 2. The maximum atomic E-state index is 12.7. The van der Waals surface area contributed by atoms with Crippen molar-refractivity contribution in [3.05, 3.63) is 104 Å². The molecule has 2 N–H and O–H groups in total. The zero-order chi connectivity index (χ0) is 20.9. The zero-order valence-electron chi connectivity index (χ0n) is 15.7. The molecule has 0 spiro atoms. The van der Waals surface area contributed by atoms with Gasteiger partial charge in [0.05, 0.1) is 24.5 Å². The summed E-state index contributed by atoms with van der Waals surface area (Å²) in [7, 11) is 0. The Bertz CT molecular complexity index is 1280. The third kappa shape index (κ3) is 4.26. The molecule has 0 bridgehead atoms. The molecule has 0 saturated heterocycles. The number of hydrogen-bond acceptors (Lipinski definition) is 6. The molecule has 3 aromatic heterocycles. The van der Waals surface area contributed by atoms with Gasteiger partial charge in [-0.2, -0.15) is 0 Å². The van der Waals surface area contributed by atoms with E-state index in [4.69, 9.17) is 0 Å². The normalized spacial score (nSPS) is 10.7. The van der Waals surface area contributed by atoms with E-state index in [9.17, 15) is 14.4 Å². The van der Waals surface area contributed by atoms with E-state index < -0.39 is 17.2 Å². The number of amides is 1. The van der Waals surface area contributed by atoms with Crippen molar-refractivity contribution in [2.24, 2.45) is 0 Å². The van der Waals surface area contributed by atoms with E-state index in [-0.39, 0.29) is 18.7 Å². The van der Waals surface area contributed by atoms with Crippen LogP contribution >= 0.6 is 11.3 Å². The molecule has 0 saturated carbocycles. The molecule has 1 aromatic carbocycles. The lowest BCUT2D eigenvalue weighted by Crippen LogP contribution is -2.40. The van der Waals surface area contributed by atoms with Crippen LogP contribution in [0.4, 0.5) is 0 Å². The minimum absolute atomic E-state index is 0.0252. The standard InChI is InChI=1S/C21H17N5O3S/c27-18(23-10-16-13-30-19(25-16)14-6-2-1-3-7-14)17-11-24-21(29)26(20(17)28)12-15-8-4-5-9-22-15/h1-9,11,13H,10,12H2,(H,23,27)(H,24,29). The molecule has 150 valence electrons. The van der Waals surface area contributed by atoms with Gasteiger partial charge in [-0.15, -0.1) is 11.3 Å². The van der Waals surface area contributed by atoms with E-state index in [1.165, 1.54) is 11.3 Å². The van der Waals surface area contributed by atoms with Gasteiger partial charge in [0.1, 0.15) is 10.6 Å². The van der Waals surface area contributed by atoms with Crippen molar-refractivity contribution in [2.45, 2.75) is 13.1 Å². The second-order valence-electron chi connectivity index (χ2n) is 6.41. The van der Waals surface area contributed by atoms with Crippen LogP contribution in [0.5, 0.6) is 0 Å². The SMILES string of the molecule is O=C(NCc1csc(-c2ccccc2)n1)c1c[nH]c(=O)n(Cc2ccccn2)c1=O. The molecular weight excluding hydrogens is 402 g/mol. The van der Waals surface area contributed by atoms with Gasteiger partial charge in [-0.25, -0.2) is 9.78 Å². The lowest BCUT2D eigenvalue weighted by atomic mass is 10.2. The van der Waals surface area contributed by atoms with Crippen LogP contribution in [-0.2, 0) is 13.1 Å². The summed E-state index contributed by atoms with van der Waals surface area (Å²) < 4.78 is 0.952. The number of carbonyl (C=O) groups excluding carboxylic acids is 1. The fourth-order valence-corrected chi connectivity index (χ4v) is 3.66. The van der Waals surface area contributed by atoms with E-state index in [0.717, 1.165) is 21.3 Å². The van der Waals surface area contributed by atoms with Crippen LogP contribution in [0.25, 0.3) is 10.6 Å². The lowest BCUT2D eigenvalue weighted by molar-refractivity contribution is 0.0947. The molecule has 3 heterocycles. The van der Waals surface area contributed by atoms with Gasteiger partial charge in [0, 0.05) is 23.3 Å². The molecule has 0 atom stereocenters. The van der Waals surface area contributed by atoms with Crippen LogP contribution in [-0.4, -0.2) is 25.4 Å². The summed E-state index contributed by atoms with van der Waals surface area (Å²) in [6.45, 7) is 0.142. The maximum Gasteiger partial charge on any atom is 0.328 e. The van der Waals surface area contributed by atoms with Gasteiger partial charge < -0.3 is 10.3 Å². The quantitative estimate of drug-likeness (QED) is 0.497. The Morgan fingerprint density at radius 3 is 2.63 bits per heavy atom. The molecule has 0 aliphatic carbocycles. The molecule has 0 fully saturated rings. The van der Waals surface area contributed by atoms with Gasteiger partial charge in [-0.3, -0.25) is 19.1 Å². The number of thiazole rings is 1. The molecule has 0 unspecified atom stereocenters. The minimum atomic E-state index is -0.676. The van der Waals surface area contributed by atoms with Crippen LogP contribution in [0.2, 0.25) is 0 Å². The monoisotopic (exact) mass is 419 g/mol. The minimum Gasteiger partial charge on any atom is -0.346 e. The Morgan fingerprint density at radius 1 is 1.07 bits per heavy atom. The highest BCUT2D eigenvalue weighted by Gasteiger charge is 2.15. The molecule has 8 nitrogen and oxygen atoms in total. The maximum absolute atomic E-state index is 12.7. The number of aromatic nitrogens is 4. The molecule has 9 heteroatoms. The second-order valence-corrected chi connectivity index (χ2v) is 7.27. The summed E-state index contributed by atoms with van der Waals surface area (Å²) in [5.74, 6) is -0.583. The predicted octanol–water partition coefficient (Wildman–Crippen LogP) is 2.03. The van der Waals surface area contributed by atoms with Crippen molar-refractivity contribution >= 4 is 17.2 Å². The van der Waals surface area contributed by atoms with Crippen molar-refractivity contribution < 1.29 is 4.79 Å². The Hall–Kier alpha value is -3.85. The fraction of sp³-hybridized carbons (Fsp3) is 0.0952. The summed E-state index contributed by atoms with van der Waals surface area (Å²) in [5, 5.41) is 5.39. The third-order valence-electron chi connectivity index (χ3n) is 4.35. The Morgan fingerprint density at radius 2 is 1.87 bits per heavy atom. The van der Waals surface area contributed by atoms with Crippen molar-refractivity contribution in [3.8, 4) is 10.6 Å². The average molecular weight is 419 g/mol. The van der Waals surface area contributed by atoms with Crippen LogP contribution in [0.3, 0.4) is 0 Å². The summed E-state index contributed by atoms with van der Waals surface area (Å²) in [6, 6.07) is 14.9. The topological polar surface area (TPSA) is 110 Å². The van der Waals surface area contributed by atoms with Gasteiger partial charge in [0.15, 0.2) is 0 Å². The first-order valence-electron chi connectivity index (χ1n) is 9.12. The first-order valence-corrected chi connectivity index (χ1v) is 10.0. The van der Waals surface area contributed by atoms with Crippen LogP contribution in [0.1, 0.15) is 21.7 Å². The zero-order valence-corrected chi connectivity index (χ0v) is 16.6. The lowest BCUT2D eigenvalue weighted by Gasteiger charge is -2.07. The molecule has 4 aromatic rings. The van der Waals surface area contributed by atoms with Crippen LogP contribution < -0.4 is 16.6 Å². The molecule has 1 amide bonds. The predicted molar refractivity (Wildman–Crippen MR) is 113 cm³/mol. The molecular formula is C21H17N5O3S.